The normalized spacial score (nSPS) is 11.6. The number of esters is 1. The van der Waals surface area contributed by atoms with E-state index in [0.29, 0.717) is 6.20 Å². The molecule has 0 amide bonds. The van der Waals surface area contributed by atoms with Gasteiger partial charge in [0.1, 0.15) is 5.60 Å². The molecule has 0 rings (SSSR count). The summed E-state index contributed by atoms with van der Waals surface area (Å²) in [6.07, 6.45) is 1.33. The lowest BCUT2D eigenvalue weighted by molar-refractivity contribution is -0.402. The predicted molar refractivity (Wildman–Crippen MR) is 42.0 cm³/mol. The molecule has 0 aromatic rings. The summed E-state index contributed by atoms with van der Waals surface area (Å²) in [4.78, 5) is 19.8. The van der Waals surface area contributed by atoms with Crippen LogP contribution in [0.4, 0.5) is 0 Å². The molecule has 0 radical (unpaired) electrons. The highest BCUT2D eigenvalue weighted by Gasteiger charge is 2.14. The minimum Gasteiger partial charge on any atom is -0.457 e. The van der Waals surface area contributed by atoms with Crippen molar-refractivity contribution < 1.29 is 14.5 Å². The number of carbonyl (C=O) groups excluding carboxylic acids is 1. The Morgan fingerprint density at radius 3 is 2.33 bits per heavy atom. The lowest BCUT2D eigenvalue weighted by atomic mass is 10.2. The van der Waals surface area contributed by atoms with E-state index in [1.807, 2.05) is 0 Å². The van der Waals surface area contributed by atoms with Gasteiger partial charge in [-0.2, -0.15) is 0 Å². The molecule has 0 fully saturated rings. The van der Waals surface area contributed by atoms with Gasteiger partial charge < -0.3 is 4.74 Å². The Balaban J connectivity index is 3.99. The number of carbonyl (C=O) groups is 1. The van der Waals surface area contributed by atoms with Crippen LogP contribution in [0.3, 0.4) is 0 Å². The average Bonchev–Trinajstić information content (AvgIpc) is 1.79. The standard InChI is InChI=1S/C7H11NO4/c1-7(2,3)12-6(9)4-5-8(10)11/h4-5H,1-3H3. The Bertz CT molecular complexity index is 214. The third kappa shape index (κ3) is 6.73. The first-order chi connectivity index (χ1) is 5.31. The number of nitro groups is 1. The number of rotatable bonds is 2. The highest BCUT2D eigenvalue weighted by Crippen LogP contribution is 2.06. The molecule has 12 heavy (non-hydrogen) atoms. The molecule has 5 nitrogen and oxygen atoms in total. The molecule has 0 atom stereocenters. The highest BCUT2D eigenvalue weighted by atomic mass is 16.6. The summed E-state index contributed by atoms with van der Waals surface area (Å²) < 4.78 is 4.76. The Labute approximate surface area is 70.2 Å². The lowest BCUT2D eigenvalue weighted by Gasteiger charge is -2.17. The van der Waals surface area contributed by atoms with Crippen LogP contribution >= 0.6 is 0 Å². The summed E-state index contributed by atoms with van der Waals surface area (Å²) in [6.45, 7) is 5.06. The van der Waals surface area contributed by atoms with Crippen LogP contribution < -0.4 is 0 Å². The van der Waals surface area contributed by atoms with Gasteiger partial charge in [-0.05, 0) is 20.8 Å². The summed E-state index contributed by atoms with van der Waals surface area (Å²) in [6, 6.07) is 0. The zero-order valence-corrected chi connectivity index (χ0v) is 7.23. The van der Waals surface area contributed by atoms with Crippen molar-refractivity contribution in [2.24, 2.45) is 0 Å². The van der Waals surface area contributed by atoms with Gasteiger partial charge in [-0.15, -0.1) is 0 Å². The molecule has 0 aromatic heterocycles. The molecule has 0 N–H and O–H groups in total. The van der Waals surface area contributed by atoms with Crippen molar-refractivity contribution in [2.75, 3.05) is 0 Å². The number of nitrogens with zero attached hydrogens (tertiary/aromatic N) is 1. The molecule has 0 saturated carbocycles. The van der Waals surface area contributed by atoms with Gasteiger partial charge in [-0.1, -0.05) is 0 Å². The highest BCUT2D eigenvalue weighted by molar-refractivity contribution is 5.81. The van der Waals surface area contributed by atoms with E-state index in [9.17, 15) is 14.9 Å². The topological polar surface area (TPSA) is 69.4 Å². The summed E-state index contributed by atoms with van der Waals surface area (Å²) in [5.41, 5.74) is -0.613. The molecule has 0 heterocycles. The molecule has 0 bridgehead atoms. The minimum absolute atomic E-state index is 0.550. The third-order valence-corrected chi connectivity index (χ3v) is 0.739. The first kappa shape index (κ1) is 10.6. The zero-order chi connectivity index (χ0) is 9.78. The number of hydrogen-bond acceptors (Lipinski definition) is 4. The van der Waals surface area contributed by atoms with E-state index in [1.165, 1.54) is 0 Å². The maximum atomic E-state index is 10.7. The zero-order valence-electron chi connectivity index (χ0n) is 7.23. The molecule has 0 aliphatic heterocycles. The van der Waals surface area contributed by atoms with Gasteiger partial charge in [-0.25, -0.2) is 4.79 Å². The first-order valence-electron chi connectivity index (χ1n) is 3.36. The SMILES string of the molecule is CC(C)(C)OC(=O)C=C[N+](=O)[O-]. The van der Waals surface area contributed by atoms with Crippen LogP contribution in [-0.4, -0.2) is 16.5 Å². The van der Waals surface area contributed by atoms with Crippen molar-refractivity contribution in [1.29, 1.82) is 0 Å². The maximum absolute atomic E-state index is 10.7. The van der Waals surface area contributed by atoms with E-state index < -0.39 is 16.5 Å². The summed E-state index contributed by atoms with van der Waals surface area (Å²) >= 11 is 0. The third-order valence-electron chi connectivity index (χ3n) is 0.739. The van der Waals surface area contributed by atoms with Gasteiger partial charge in [0.2, 0.25) is 6.20 Å². The molecule has 0 aromatic carbocycles. The summed E-state index contributed by atoms with van der Waals surface area (Å²) in [5.74, 6) is -0.709. The van der Waals surface area contributed by atoms with E-state index in [-0.39, 0.29) is 0 Å². The van der Waals surface area contributed by atoms with Gasteiger partial charge in [0, 0.05) is 0 Å². The van der Waals surface area contributed by atoms with E-state index in [2.05, 4.69) is 0 Å². The molecule has 68 valence electrons. The van der Waals surface area contributed by atoms with Gasteiger partial charge in [0.25, 0.3) is 0 Å². The van der Waals surface area contributed by atoms with Gasteiger partial charge in [-0.3, -0.25) is 10.1 Å². The predicted octanol–water partition coefficient (Wildman–Crippen LogP) is 1.12. The smallest absolute Gasteiger partial charge is 0.337 e. The van der Waals surface area contributed by atoms with Crippen molar-refractivity contribution >= 4 is 5.97 Å². The number of hydrogen-bond donors (Lipinski definition) is 0. The Morgan fingerprint density at radius 2 is 2.00 bits per heavy atom. The lowest BCUT2D eigenvalue weighted by Crippen LogP contribution is -2.22. The molecule has 0 aliphatic rings. The van der Waals surface area contributed by atoms with Gasteiger partial charge in [0.15, 0.2) is 0 Å². The molecular weight excluding hydrogens is 162 g/mol. The van der Waals surface area contributed by atoms with E-state index in [0.717, 1.165) is 6.08 Å². The summed E-state index contributed by atoms with van der Waals surface area (Å²) in [7, 11) is 0. The Morgan fingerprint density at radius 1 is 1.50 bits per heavy atom. The second kappa shape index (κ2) is 3.85. The quantitative estimate of drug-likeness (QED) is 0.271. The summed E-state index contributed by atoms with van der Waals surface area (Å²) in [5, 5.41) is 9.78. The van der Waals surface area contributed by atoms with Crippen LogP contribution in [0.25, 0.3) is 0 Å². The second-order valence-corrected chi connectivity index (χ2v) is 3.13. The molecular formula is C7H11NO4. The van der Waals surface area contributed by atoms with Crippen LogP contribution in [0.5, 0.6) is 0 Å². The minimum atomic E-state index is -0.718. The Kier molecular flexibility index (Phi) is 3.40. The van der Waals surface area contributed by atoms with Crippen molar-refractivity contribution in [2.45, 2.75) is 26.4 Å². The van der Waals surface area contributed by atoms with Crippen molar-refractivity contribution in [3.63, 3.8) is 0 Å². The molecule has 0 unspecified atom stereocenters. The van der Waals surface area contributed by atoms with Crippen molar-refractivity contribution in [1.82, 2.24) is 0 Å². The Hall–Kier alpha value is -1.39. The fraction of sp³-hybridized carbons (Fsp3) is 0.571. The van der Waals surface area contributed by atoms with Crippen molar-refractivity contribution in [3.8, 4) is 0 Å². The molecule has 0 spiro atoms. The van der Waals surface area contributed by atoms with Crippen LogP contribution in [0, 0.1) is 10.1 Å². The van der Waals surface area contributed by atoms with Crippen LogP contribution in [0.15, 0.2) is 12.3 Å². The van der Waals surface area contributed by atoms with E-state index >= 15 is 0 Å². The number of ether oxygens (including phenoxy) is 1. The average molecular weight is 173 g/mol. The van der Waals surface area contributed by atoms with Crippen molar-refractivity contribution in [3.05, 3.63) is 22.4 Å². The van der Waals surface area contributed by atoms with Crippen LogP contribution in [0.1, 0.15) is 20.8 Å². The second-order valence-electron chi connectivity index (χ2n) is 3.13. The van der Waals surface area contributed by atoms with Gasteiger partial charge in [0.05, 0.1) is 11.0 Å². The van der Waals surface area contributed by atoms with Crippen LogP contribution in [0.2, 0.25) is 0 Å². The molecule has 0 aliphatic carbocycles. The fourth-order valence-corrected chi connectivity index (χ4v) is 0.458. The largest absolute Gasteiger partial charge is 0.457 e. The van der Waals surface area contributed by atoms with Gasteiger partial charge >= 0.3 is 5.97 Å². The van der Waals surface area contributed by atoms with E-state index in [4.69, 9.17) is 4.74 Å². The monoisotopic (exact) mass is 173 g/mol. The molecule has 0 saturated heterocycles. The fourth-order valence-electron chi connectivity index (χ4n) is 0.458. The maximum Gasteiger partial charge on any atom is 0.337 e. The first-order valence-corrected chi connectivity index (χ1v) is 3.36. The molecule has 5 heteroatoms. The van der Waals surface area contributed by atoms with E-state index in [1.54, 1.807) is 20.8 Å². The van der Waals surface area contributed by atoms with Crippen LogP contribution in [-0.2, 0) is 9.53 Å².